The van der Waals surface area contributed by atoms with Gasteiger partial charge in [0.15, 0.2) is 0 Å². The van der Waals surface area contributed by atoms with E-state index in [2.05, 4.69) is 6.92 Å². The molecule has 0 aliphatic heterocycles. The Bertz CT molecular complexity index is 420. The van der Waals surface area contributed by atoms with Crippen LogP contribution in [0.3, 0.4) is 0 Å². The number of esters is 1. The average Bonchev–Trinajstić information content (AvgIpc) is 2.88. The van der Waals surface area contributed by atoms with Crippen LogP contribution in [-0.4, -0.2) is 78.6 Å². The van der Waals surface area contributed by atoms with Gasteiger partial charge in [-0.2, -0.15) is 0 Å². The summed E-state index contributed by atoms with van der Waals surface area (Å²) in [5, 5.41) is 0. The van der Waals surface area contributed by atoms with Gasteiger partial charge >= 0.3 is 5.97 Å². The summed E-state index contributed by atoms with van der Waals surface area (Å²) in [6.07, 6.45) is 19.1. The van der Waals surface area contributed by atoms with E-state index in [1.807, 2.05) is 6.92 Å². The Kier molecular flexibility index (Phi) is 31.6. The van der Waals surface area contributed by atoms with Crippen molar-refractivity contribution in [3.63, 3.8) is 0 Å². The molecule has 0 saturated heterocycles. The minimum atomic E-state index is -0.170. The van der Waals surface area contributed by atoms with Crippen molar-refractivity contribution in [2.75, 3.05) is 72.7 Å². The van der Waals surface area contributed by atoms with Gasteiger partial charge in [-0.1, -0.05) is 90.9 Å². The fourth-order valence-corrected chi connectivity index (χ4v) is 3.69. The number of carbonyl (C=O) groups is 1. The molecule has 7 heteroatoms. The van der Waals surface area contributed by atoms with E-state index < -0.39 is 0 Å². The second-order valence-corrected chi connectivity index (χ2v) is 9.27. The van der Waals surface area contributed by atoms with E-state index in [-0.39, 0.29) is 5.97 Å². The highest BCUT2D eigenvalue weighted by molar-refractivity contribution is 5.69. The van der Waals surface area contributed by atoms with Crippen molar-refractivity contribution in [2.24, 2.45) is 0 Å². The number of hydrogen-bond acceptors (Lipinski definition) is 7. The fourth-order valence-electron chi connectivity index (χ4n) is 3.69. The molecule has 0 fully saturated rings. The summed E-state index contributed by atoms with van der Waals surface area (Å²) in [7, 11) is 0. The lowest BCUT2D eigenvalue weighted by molar-refractivity contribution is -0.145. The molecule has 0 atom stereocenters. The Morgan fingerprint density at radius 1 is 0.389 bits per heavy atom. The van der Waals surface area contributed by atoms with Crippen molar-refractivity contribution >= 4 is 5.97 Å². The van der Waals surface area contributed by atoms with E-state index in [0.29, 0.717) is 72.5 Å². The lowest BCUT2D eigenvalue weighted by Crippen LogP contribution is -2.15. The first kappa shape index (κ1) is 35.3. The summed E-state index contributed by atoms with van der Waals surface area (Å²) in [4.78, 5) is 11.2. The Labute approximate surface area is 222 Å². The van der Waals surface area contributed by atoms with Crippen molar-refractivity contribution < 1.29 is 33.2 Å². The van der Waals surface area contributed by atoms with Crippen LogP contribution in [0.25, 0.3) is 0 Å². The van der Waals surface area contributed by atoms with Gasteiger partial charge in [0.1, 0.15) is 6.61 Å². The van der Waals surface area contributed by atoms with Gasteiger partial charge < -0.3 is 28.4 Å². The van der Waals surface area contributed by atoms with Crippen LogP contribution in [0.2, 0.25) is 0 Å². The molecule has 7 nitrogen and oxygen atoms in total. The van der Waals surface area contributed by atoms with Gasteiger partial charge in [-0.25, -0.2) is 0 Å². The van der Waals surface area contributed by atoms with Gasteiger partial charge in [-0.3, -0.25) is 4.79 Å². The highest BCUT2D eigenvalue weighted by Gasteiger charge is 2.00. The Morgan fingerprint density at radius 2 is 0.722 bits per heavy atom. The molecule has 0 spiro atoms. The van der Waals surface area contributed by atoms with Gasteiger partial charge in [0.2, 0.25) is 0 Å². The van der Waals surface area contributed by atoms with Crippen LogP contribution >= 0.6 is 0 Å². The molecule has 0 aliphatic rings. The molecule has 0 heterocycles. The van der Waals surface area contributed by atoms with E-state index >= 15 is 0 Å². The van der Waals surface area contributed by atoms with Crippen molar-refractivity contribution in [3.8, 4) is 0 Å². The molecule has 0 saturated carbocycles. The normalized spacial score (nSPS) is 11.3. The average molecular weight is 519 g/mol. The maximum Gasteiger partial charge on any atom is 0.305 e. The summed E-state index contributed by atoms with van der Waals surface area (Å²) < 4.78 is 32.4. The third-order valence-electron chi connectivity index (χ3n) is 5.83. The smallest absolute Gasteiger partial charge is 0.305 e. The lowest BCUT2D eigenvalue weighted by atomic mass is 10.0. The molecule has 0 amide bonds. The summed E-state index contributed by atoms with van der Waals surface area (Å²) in [6.45, 7) is 10.2. The summed E-state index contributed by atoms with van der Waals surface area (Å²) >= 11 is 0. The predicted octanol–water partition coefficient (Wildman–Crippen LogP) is 6.50. The van der Waals surface area contributed by atoms with E-state index in [0.717, 1.165) is 19.4 Å². The van der Waals surface area contributed by atoms with E-state index in [4.69, 9.17) is 28.4 Å². The molecule has 0 rings (SSSR count). The topological polar surface area (TPSA) is 72.5 Å². The fraction of sp³-hybridized carbons (Fsp3) is 0.966. The second kappa shape index (κ2) is 32.3. The largest absolute Gasteiger partial charge is 0.463 e. The predicted molar refractivity (Wildman–Crippen MR) is 146 cm³/mol. The SMILES string of the molecule is CCCCCCCCCCCCCCCOCCOCCOCCOCCOCCOC(=O)CCC. The van der Waals surface area contributed by atoms with Gasteiger partial charge in [0, 0.05) is 13.0 Å². The molecule has 36 heavy (non-hydrogen) atoms. The van der Waals surface area contributed by atoms with E-state index in [9.17, 15) is 4.79 Å². The third kappa shape index (κ3) is 31.3. The van der Waals surface area contributed by atoms with Gasteiger partial charge in [-0.05, 0) is 12.8 Å². The summed E-state index contributed by atoms with van der Waals surface area (Å²) in [5.41, 5.74) is 0. The maximum absolute atomic E-state index is 11.2. The zero-order valence-electron chi connectivity index (χ0n) is 23.7. The Hall–Kier alpha value is -0.730. The Balaban J connectivity index is 3.04. The van der Waals surface area contributed by atoms with Crippen molar-refractivity contribution in [3.05, 3.63) is 0 Å². The summed E-state index contributed by atoms with van der Waals surface area (Å²) in [5.74, 6) is -0.170. The van der Waals surface area contributed by atoms with Crippen LogP contribution in [0.5, 0.6) is 0 Å². The minimum Gasteiger partial charge on any atom is -0.463 e. The molecule has 0 bridgehead atoms. The zero-order chi connectivity index (χ0) is 26.2. The molecule has 216 valence electrons. The number of unbranched alkanes of at least 4 members (excludes halogenated alkanes) is 12. The molecule has 0 aromatic carbocycles. The third-order valence-corrected chi connectivity index (χ3v) is 5.83. The summed E-state index contributed by atoms with van der Waals surface area (Å²) in [6, 6.07) is 0. The van der Waals surface area contributed by atoms with Crippen molar-refractivity contribution in [2.45, 2.75) is 110 Å². The maximum atomic E-state index is 11.2. The Morgan fingerprint density at radius 3 is 1.11 bits per heavy atom. The van der Waals surface area contributed by atoms with Crippen LogP contribution in [-0.2, 0) is 33.2 Å². The highest BCUT2D eigenvalue weighted by atomic mass is 16.6. The molecule has 0 unspecified atom stereocenters. The quantitative estimate of drug-likeness (QED) is 0.0765. The van der Waals surface area contributed by atoms with Crippen molar-refractivity contribution in [1.29, 1.82) is 0 Å². The number of hydrogen-bond donors (Lipinski definition) is 0. The van der Waals surface area contributed by atoms with Gasteiger partial charge in [0.25, 0.3) is 0 Å². The van der Waals surface area contributed by atoms with E-state index in [1.54, 1.807) is 0 Å². The molecular weight excluding hydrogens is 460 g/mol. The van der Waals surface area contributed by atoms with Crippen LogP contribution in [0, 0.1) is 0 Å². The zero-order valence-corrected chi connectivity index (χ0v) is 23.7. The van der Waals surface area contributed by atoms with Crippen LogP contribution in [0.4, 0.5) is 0 Å². The molecule has 0 aromatic rings. The van der Waals surface area contributed by atoms with Gasteiger partial charge in [-0.15, -0.1) is 0 Å². The van der Waals surface area contributed by atoms with Gasteiger partial charge in [0.05, 0.1) is 59.5 Å². The van der Waals surface area contributed by atoms with Crippen molar-refractivity contribution in [1.82, 2.24) is 0 Å². The first-order chi connectivity index (χ1) is 17.8. The molecular formula is C29H58O7. The van der Waals surface area contributed by atoms with Crippen LogP contribution in [0.1, 0.15) is 110 Å². The first-order valence-corrected chi connectivity index (χ1v) is 14.9. The van der Waals surface area contributed by atoms with Crippen LogP contribution in [0.15, 0.2) is 0 Å². The highest BCUT2D eigenvalue weighted by Crippen LogP contribution is 2.12. The number of carbonyl (C=O) groups excluding carboxylic acids is 1. The molecule has 0 radical (unpaired) electrons. The minimum absolute atomic E-state index is 0.170. The number of ether oxygens (including phenoxy) is 6. The van der Waals surface area contributed by atoms with Crippen LogP contribution < -0.4 is 0 Å². The standard InChI is InChI=1S/C29H58O7/c1-3-5-6-7-8-9-10-11-12-13-14-15-16-18-31-19-20-32-21-22-33-23-24-34-25-26-35-27-28-36-29(30)17-4-2/h3-28H2,1-2H3. The molecule has 0 aliphatic carbocycles. The lowest BCUT2D eigenvalue weighted by Gasteiger charge is -2.08. The number of rotatable bonds is 31. The second-order valence-electron chi connectivity index (χ2n) is 9.27. The monoisotopic (exact) mass is 518 g/mol. The molecule has 0 N–H and O–H groups in total. The molecule has 0 aromatic heterocycles. The van der Waals surface area contributed by atoms with E-state index in [1.165, 1.54) is 77.0 Å². The first-order valence-electron chi connectivity index (χ1n) is 14.9.